The number of hydrogen-bond donors (Lipinski definition) is 3. The van der Waals surface area contributed by atoms with Crippen molar-refractivity contribution < 1.29 is 15.3 Å². The Hall–Kier alpha value is -0.160. The average Bonchev–Trinajstić information content (AvgIpc) is 3.03. The molecule has 2 aliphatic heterocycles. The monoisotopic (exact) mass is 431 g/mol. The second kappa shape index (κ2) is 7.17. The van der Waals surface area contributed by atoms with Crippen LogP contribution in [0.15, 0.2) is 0 Å². The van der Waals surface area contributed by atoms with Gasteiger partial charge in [-0.1, -0.05) is 20.8 Å². The van der Waals surface area contributed by atoms with Crippen molar-refractivity contribution in [2.45, 2.75) is 102 Å². The van der Waals surface area contributed by atoms with Gasteiger partial charge >= 0.3 is 0 Å². The molecule has 6 rings (SSSR count). The van der Waals surface area contributed by atoms with E-state index in [2.05, 4.69) is 25.7 Å². The van der Waals surface area contributed by atoms with Gasteiger partial charge in [0.15, 0.2) is 0 Å². The predicted octanol–water partition coefficient (Wildman–Crippen LogP) is 3.68. The smallest absolute Gasteiger partial charge is 0.0711 e. The van der Waals surface area contributed by atoms with E-state index in [1.165, 1.54) is 32.4 Å². The van der Waals surface area contributed by atoms with Crippen LogP contribution in [0.4, 0.5) is 0 Å². The van der Waals surface area contributed by atoms with Crippen molar-refractivity contribution in [2.75, 3.05) is 13.1 Å². The first-order valence-corrected chi connectivity index (χ1v) is 13.5. The fourth-order valence-electron chi connectivity index (χ4n) is 10.6. The fourth-order valence-corrected chi connectivity index (χ4v) is 10.6. The molecular weight excluding hydrogens is 386 g/mol. The number of rotatable bonds is 0. The molecule has 0 amide bonds. The van der Waals surface area contributed by atoms with Gasteiger partial charge in [-0.15, -0.1) is 0 Å². The summed E-state index contributed by atoms with van der Waals surface area (Å²) < 4.78 is 0. The van der Waals surface area contributed by atoms with Crippen LogP contribution in [0.3, 0.4) is 0 Å². The highest BCUT2D eigenvalue weighted by molar-refractivity contribution is 5.17. The molecule has 4 saturated carbocycles. The van der Waals surface area contributed by atoms with Crippen LogP contribution in [0.5, 0.6) is 0 Å². The van der Waals surface area contributed by atoms with Gasteiger partial charge in [-0.3, -0.25) is 4.90 Å². The SMILES string of the molecule is C[C@@H]1CC[C@H]2[C@H](C)[C@H]3CC[C@]4(O)[C@@H](C[C@@H]5[C@@H]4C[C@H](O)[C@H]4C[C@H](O)CC[C@@]45C)[C@@H]3CN2C1. The maximum Gasteiger partial charge on any atom is 0.0711 e. The first-order valence-electron chi connectivity index (χ1n) is 13.5. The largest absolute Gasteiger partial charge is 0.393 e. The summed E-state index contributed by atoms with van der Waals surface area (Å²) in [4.78, 5) is 2.81. The molecule has 0 aromatic carbocycles. The molecule has 0 unspecified atom stereocenters. The number of hydrogen-bond acceptors (Lipinski definition) is 4. The molecule has 0 aromatic heterocycles. The van der Waals surface area contributed by atoms with E-state index in [1.54, 1.807) is 0 Å². The molecule has 2 heterocycles. The number of nitrogens with zero attached hydrogens (tertiary/aromatic N) is 1. The van der Waals surface area contributed by atoms with Crippen LogP contribution >= 0.6 is 0 Å². The van der Waals surface area contributed by atoms with Crippen LogP contribution in [0, 0.1) is 52.8 Å². The maximum atomic E-state index is 12.3. The van der Waals surface area contributed by atoms with Crippen molar-refractivity contribution >= 4 is 0 Å². The second-order valence-corrected chi connectivity index (χ2v) is 13.3. The lowest BCUT2D eigenvalue weighted by Gasteiger charge is -2.59. The first kappa shape index (κ1) is 21.4. The van der Waals surface area contributed by atoms with E-state index in [1.807, 2.05) is 0 Å². The summed E-state index contributed by atoms with van der Waals surface area (Å²) in [5.41, 5.74) is -0.503. The molecule has 2 saturated heterocycles. The quantitative estimate of drug-likeness (QED) is 0.547. The van der Waals surface area contributed by atoms with Crippen LogP contribution in [0.1, 0.15) is 78.6 Å². The minimum atomic E-state index is -0.579. The zero-order valence-corrected chi connectivity index (χ0v) is 19.9. The summed E-state index contributed by atoms with van der Waals surface area (Å²) in [6.45, 7) is 9.76. The molecule has 4 aliphatic carbocycles. The number of aliphatic hydroxyl groups excluding tert-OH is 2. The lowest BCUT2D eigenvalue weighted by molar-refractivity contribution is -0.176. The summed E-state index contributed by atoms with van der Waals surface area (Å²) in [5, 5.41) is 33.8. The molecule has 13 atom stereocenters. The standard InChI is InChI=1S/C27H45NO3/c1-15-4-5-24-16(2)18-7-9-27(31)20(19(18)14-28(24)13-15)11-21-22(27)12-25(30)23-10-17(29)6-8-26(21,23)3/h15-25,29-31H,4-14H2,1-3H3/t15-,16-,17-,18-,19-,20+,21-,22+,23-,24+,25+,26-,27+/m1/s1. The summed E-state index contributed by atoms with van der Waals surface area (Å²) in [7, 11) is 0. The van der Waals surface area contributed by atoms with Gasteiger partial charge in [0.05, 0.1) is 17.8 Å². The van der Waals surface area contributed by atoms with Gasteiger partial charge in [0, 0.05) is 19.1 Å². The van der Waals surface area contributed by atoms with Gasteiger partial charge in [0.25, 0.3) is 0 Å². The summed E-state index contributed by atoms with van der Waals surface area (Å²) in [6, 6.07) is 0.760. The minimum Gasteiger partial charge on any atom is -0.393 e. The molecule has 6 aliphatic rings. The van der Waals surface area contributed by atoms with Crippen molar-refractivity contribution in [3.63, 3.8) is 0 Å². The minimum absolute atomic E-state index is 0.0760. The number of fused-ring (bicyclic) bond motifs is 8. The van der Waals surface area contributed by atoms with E-state index in [9.17, 15) is 15.3 Å². The lowest BCUT2D eigenvalue weighted by Crippen LogP contribution is -2.62. The van der Waals surface area contributed by atoms with Gasteiger partial charge in [-0.05, 0) is 111 Å². The Morgan fingerprint density at radius 2 is 1.58 bits per heavy atom. The van der Waals surface area contributed by atoms with Gasteiger partial charge in [0.1, 0.15) is 0 Å². The third kappa shape index (κ3) is 2.93. The van der Waals surface area contributed by atoms with E-state index in [0.717, 1.165) is 62.3 Å². The van der Waals surface area contributed by atoms with Crippen molar-refractivity contribution in [2.24, 2.45) is 52.8 Å². The maximum absolute atomic E-state index is 12.3. The topological polar surface area (TPSA) is 63.9 Å². The Balaban J connectivity index is 1.32. The third-order valence-electron chi connectivity index (χ3n) is 12.1. The normalized spacial score (nSPS) is 61.5. The lowest BCUT2D eigenvalue weighted by atomic mass is 9.50. The molecular formula is C27H45NO3. The molecule has 0 bridgehead atoms. The van der Waals surface area contributed by atoms with Crippen molar-refractivity contribution in [3.8, 4) is 0 Å². The summed E-state index contributed by atoms with van der Waals surface area (Å²) in [5.74, 6) is 4.30. The van der Waals surface area contributed by atoms with E-state index < -0.39 is 5.60 Å². The Bertz CT molecular complexity index is 713. The van der Waals surface area contributed by atoms with E-state index >= 15 is 0 Å². The third-order valence-corrected chi connectivity index (χ3v) is 12.1. The molecule has 176 valence electrons. The molecule has 0 radical (unpaired) electrons. The Kier molecular flexibility index (Phi) is 4.94. The highest BCUT2D eigenvalue weighted by Gasteiger charge is 2.67. The summed E-state index contributed by atoms with van der Waals surface area (Å²) >= 11 is 0. The fraction of sp³-hybridized carbons (Fsp3) is 1.00. The highest BCUT2D eigenvalue weighted by atomic mass is 16.3. The predicted molar refractivity (Wildman–Crippen MR) is 121 cm³/mol. The Morgan fingerprint density at radius 1 is 0.774 bits per heavy atom. The Morgan fingerprint density at radius 3 is 2.39 bits per heavy atom. The molecule has 3 N–H and O–H groups in total. The average molecular weight is 432 g/mol. The number of piperidine rings is 2. The van der Waals surface area contributed by atoms with E-state index in [4.69, 9.17) is 0 Å². The van der Waals surface area contributed by atoms with Crippen molar-refractivity contribution in [1.29, 1.82) is 0 Å². The van der Waals surface area contributed by atoms with E-state index in [-0.39, 0.29) is 29.5 Å². The van der Waals surface area contributed by atoms with Crippen molar-refractivity contribution in [1.82, 2.24) is 4.90 Å². The zero-order valence-electron chi connectivity index (χ0n) is 19.9. The molecule has 4 nitrogen and oxygen atoms in total. The molecule has 4 heteroatoms. The molecule has 6 fully saturated rings. The molecule has 0 spiro atoms. The second-order valence-electron chi connectivity index (χ2n) is 13.3. The van der Waals surface area contributed by atoms with Crippen LogP contribution in [-0.4, -0.2) is 57.2 Å². The van der Waals surface area contributed by atoms with Gasteiger partial charge in [0.2, 0.25) is 0 Å². The van der Waals surface area contributed by atoms with Gasteiger partial charge < -0.3 is 15.3 Å². The molecule has 31 heavy (non-hydrogen) atoms. The molecule has 0 aromatic rings. The van der Waals surface area contributed by atoms with Crippen molar-refractivity contribution in [3.05, 3.63) is 0 Å². The van der Waals surface area contributed by atoms with Gasteiger partial charge in [-0.25, -0.2) is 0 Å². The summed E-state index contributed by atoms with van der Waals surface area (Å²) in [6.07, 6.45) is 8.78. The first-order chi connectivity index (χ1) is 14.7. The Labute approximate surface area is 188 Å². The van der Waals surface area contributed by atoms with Crippen LogP contribution in [-0.2, 0) is 0 Å². The van der Waals surface area contributed by atoms with Crippen LogP contribution in [0.2, 0.25) is 0 Å². The van der Waals surface area contributed by atoms with Crippen LogP contribution < -0.4 is 0 Å². The highest BCUT2D eigenvalue weighted by Crippen LogP contribution is 2.68. The van der Waals surface area contributed by atoms with Gasteiger partial charge in [-0.2, -0.15) is 0 Å². The van der Waals surface area contributed by atoms with E-state index in [0.29, 0.717) is 17.8 Å². The number of aliphatic hydroxyl groups is 3. The zero-order chi connectivity index (χ0) is 21.7. The van der Waals surface area contributed by atoms with Crippen LogP contribution in [0.25, 0.3) is 0 Å².